The molecule has 0 saturated heterocycles. The van der Waals surface area contributed by atoms with Gasteiger partial charge in [-0.1, -0.05) is 96.2 Å². The van der Waals surface area contributed by atoms with Crippen molar-refractivity contribution >= 4 is 29.2 Å². The van der Waals surface area contributed by atoms with Crippen LogP contribution in [-0.2, 0) is 9.47 Å². The molecule has 53 heavy (non-hydrogen) atoms. The van der Waals surface area contributed by atoms with Crippen LogP contribution in [0.25, 0.3) is 21.8 Å². The van der Waals surface area contributed by atoms with Crippen LogP contribution >= 0.6 is 0 Å². The van der Waals surface area contributed by atoms with Gasteiger partial charge in [0, 0.05) is 27.9 Å². The fourth-order valence-electron chi connectivity index (χ4n) is 5.38. The Morgan fingerprint density at radius 3 is 1.28 bits per heavy atom. The molecule has 0 spiro atoms. The van der Waals surface area contributed by atoms with Gasteiger partial charge in [0.2, 0.25) is 0 Å². The molecule has 2 aliphatic rings. The Bertz CT molecular complexity index is 2130. The molecule has 0 aromatic heterocycles. The van der Waals surface area contributed by atoms with Crippen LogP contribution in [0.2, 0.25) is 0 Å². The van der Waals surface area contributed by atoms with Gasteiger partial charge in [0.1, 0.15) is 23.0 Å². The molecule has 0 saturated carbocycles. The maximum absolute atomic E-state index is 9.48. The number of hydrogen-bond acceptors (Lipinski definition) is 5. The second kappa shape index (κ2) is 15.9. The Kier molecular flexibility index (Phi) is 11.1. The lowest BCUT2D eigenvalue weighted by atomic mass is 9.91. The van der Waals surface area contributed by atoms with Gasteiger partial charge in [0.05, 0.1) is 25.3 Å². The van der Waals surface area contributed by atoms with E-state index in [4.69, 9.17) is 22.6 Å². The molecular formula is C46H39N5O2. The van der Waals surface area contributed by atoms with Gasteiger partial charge in [-0.25, -0.2) is 20.2 Å². The van der Waals surface area contributed by atoms with Gasteiger partial charge >= 0.3 is 0 Å². The smallest absolute Gasteiger partial charge is 0.269 e. The van der Waals surface area contributed by atoms with Gasteiger partial charge in [-0.3, -0.25) is 0 Å². The zero-order valence-corrected chi connectivity index (χ0v) is 30.7. The third-order valence-electron chi connectivity index (χ3n) is 8.28. The number of hydrogen-bond donors (Lipinski definition) is 0. The minimum atomic E-state index is -0.308. The Hall–Kier alpha value is -7.06. The van der Waals surface area contributed by atoms with Gasteiger partial charge in [-0.2, -0.15) is 0 Å². The number of nitrogens with zero attached hydrogens (tertiary/aromatic N) is 5. The fourth-order valence-corrected chi connectivity index (χ4v) is 5.38. The number of benzene rings is 3. The highest BCUT2D eigenvalue weighted by Gasteiger charge is 2.25. The lowest BCUT2D eigenvalue weighted by molar-refractivity contribution is 0.223. The minimum Gasteiger partial charge on any atom is -0.461 e. The highest BCUT2D eigenvalue weighted by Crippen LogP contribution is 2.37. The summed E-state index contributed by atoms with van der Waals surface area (Å²) in [7, 11) is 0. The summed E-state index contributed by atoms with van der Waals surface area (Å²) < 4.78 is 12.3. The van der Waals surface area contributed by atoms with Crippen LogP contribution in [0.3, 0.4) is 0 Å². The number of nitriles is 2. The molecule has 2 heterocycles. The van der Waals surface area contributed by atoms with Crippen LogP contribution in [0.5, 0.6) is 0 Å². The Morgan fingerprint density at radius 2 is 0.943 bits per heavy atom. The molecule has 0 amide bonds. The SMILES string of the molecule is [C-]#[N+]C(C#N)=C1C=C(C=Cc2ccc(N(c3ccccc3)c3ccc(C=CC4=CC(=C(C#N)[N+]#[C-])C=C(C(C)(C)C)O4)cc3)cc2)OC(C(C)(C)C)=C1. The number of rotatable bonds is 7. The zero-order chi connectivity index (χ0) is 38.2. The molecule has 5 rings (SSSR count). The molecule has 0 unspecified atom stereocenters. The predicted octanol–water partition coefficient (Wildman–Crippen LogP) is 12.3. The van der Waals surface area contributed by atoms with Crippen LogP contribution in [0.4, 0.5) is 17.1 Å². The number of ether oxygens (including phenoxy) is 2. The average molecular weight is 694 g/mol. The molecule has 0 radical (unpaired) electrons. The van der Waals surface area contributed by atoms with E-state index in [-0.39, 0.29) is 22.2 Å². The van der Waals surface area contributed by atoms with Crippen molar-refractivity contribution in [2.45, 2.75) is 41.5 Å². The Morgan fingerprint density at radius 1 is 0.566 bits per heavy atom. The van der Waals surface area contributed by atoms with E-state index in [2.05, 4.69) is 51.0 Å². The molecular weight excluding hydrogens is 655 g/mol. The summed E-state index contributed by atoms with van der Waals surface area (Å²) in [6.45, 7) is 27.0. The second-order valence-electron chi connectivity index (χ2n) is 14.4. The van der Waals surface area contributed by atoms with E-state index in [1.54, 1.807) is 24.3 Å². The zero-order valence-electron chi connectivity index (χ0n) is 30.7. The summed E-state index contributed by atoms with van der Waals surface area (Å²) in [5, 5.41) is 19.0. The monoisotopic (exact) mass is 693 g/mol. The molecule has 7 nitrogen and oxygen atoms in total. The molecule has 7 heteroatoms. The van der Waals surface area contributed by atoms with Crippen LogP contribution in [0, 0.1) is 46.6 Å². The Balaban J connectivity index is 1.40. The van der Waals surface area contributed by atoms with E-state index in [0.29, 0.717) is 34.2 Å². The van der Waals surface area contributed by atoms with Crippen molar-refractivity contribution in [2.75, 3.05) is 4.90 Å². The van der Waals surface area contributed by atoms with Crippen molar-refractivity contribution in [2.24, 2.45) is 10.8 Å². The van der Waals surface area contributed by atoms with Crippen LogP contribution in [0.1, 0.15) is 52.7 Å². The van der Waals surface area contributed by atoms with Crippen LogP contribution in [-0.4, -0.2) is 0 Å². The van der Waals surface area contributed by atoms with Crippen molar-refractivity contribution in [3.63, 3.8) is 0 Å². The van der Waals surface area contributed by atoms with E-state index >= 15 is 0 Å². The van der Waals surface area contributed by atoms with E-state index in [1.807, 2.05) is 120 Å². The number of para-hydroxylation sites is 1. The number of anilines is 3. The second-order valence-corrected chi connectivity index (χ2v) is 14.4. The van der Waals surface area contributed by atoms with Crippen LogP contribution < -0.4 is 4.90 Å². The largest absolute Gasteiger partial charge is 0.461 e. The third-order valence-corrected chi connectivity index (χ3v) is 8.28. The summed E-state index contributed by atoms with van der Waals surface area (Å²) >= 11 is 0. The number of allylic oxidation sites excluding steroid dienone is 12. The maximum Gasteiger partial charge on any atom is 0.269 e. The quantitative estimate of drug-likeness (QED) is 0.182. The maximum atomic E-state index is 9.48. The van der Waals surface area contributed by atoms with Crippen molar-refractivity contribution in [1.29, 1.82) is 10.5 Å². The molecule has 0 N–H and O–H groups in total. The minimum absolute atomic E-state index is 0.0252. The summed E-state index contributed by atoms with van der Waals surface area (Å²) in [5.74, 6) is 2.48. The summed E-state index contributed by atoms with van der Waals surface area (Å²) in [4.78, 5) is 8.97. The molecule has 0 aliphatic carbocycles. The van der Waals surface area contributed by atoms with Crippen molar-refractivity contribution < 1.29 is 9.47 Å². The van der Waals surface area contributed by atoms with E-state index in [0.717, 1.165) is 28.2 Å². The summed E-state index contributed by atoms with van der Waals surface area (Å²) in [6, 6.07) is 30.5. The van der Waals surface area contributed by atoms with E-state index in [1.165, 1.54) is 0 Å². The molecule has 2 aliphatic heterocycles. The van der Waals surface area contributed by atoms with Gasteiger partial charge < -0.3 is 14.4 Å². The molecule has 3 aromatic carbocycles. The average Bonchev–Trinajstić information content (AvgIpc) is 3.15. The molecule has 260 valence electrons. The molecule has 0 bridgehead atoms. The topological polar surface area (TPSA) is 78.0 Å². The van der Waals surface area contributed by atoms with Gasteiger partial charge in [0.15, 0.2) is 0 Å². The first-order valence-electron chi connectivity index (χ1n) is 17.0. The van der Waals surface area contributed by atoms with Gasteiger partial charge in [-0.05, 0) is 95.1 Å². The summed E-state index contributed by atoms with van der Waals surface area (Å²) in [6.07, 6.45) is 14.6. The summed E-state index contributed by atoms with van der Waals surface area (Å²) in [5.41, 5.74) is 5.36. The van der Waals surface area contributed by atoms with Gasteiger partial charge in [0.25, 0.3) is 11.4 Å². The van der Waals surface area contributed by atoms with Crippen LogP contribution in [0.15, 0.2) is 161 Å². The van der Waals surface area contributed by atoms with Crippen molar-refractivity contribution in [3.8, 4) is 12.1 Å². The fraction of sp³-hybridized carbons (Fsp3) is 0.174. The lowest BCUT2D eigenvalue weighted by Gasteiger charge is -2.27. The van der Waals surface area contributed by atoms with E-state index < -0.39 is 0 Å². The standard InChI is InChI=1S/C46H39N5O2/c1-45(2,3)43-28-34(41(30-47)49-7)26-39(52-43)24-18-32-14-20-37(21-15-32)51(36-12-10-9-11-13-36)38-22-16-33(17-23-38)19-25-40-27-35(42(31-48)50-8)29-44(53-40)46(4,5)6/h9-29H,1-6H3. The van der Waals surface area contributed by atoms with Crippen molar-refractivity contribution in [3.05, 3.63) is 195 Å². The Labute approximate surface area is 312 Å². The normalized spacial score (nSPS) is 16.3. The molecule has 0 fully saturated rings. The lowest BCUT2D eigenvalue weighted by Crippen LogP contribution is -2.15. The van der Waals surface area contributed by atoms with E-state index in [9.17, 15) is 10.5 Å². The predicted molar refractivity (Wildman–Crippen MR) is 211 cm³/mol. The van der Waals surface area contributed by atoms with Gasteiger partial charge in [-0.15, -0.1) is 0 Å². The third kappa shape index (κ3) is 9.19. The van der Waals surface area contributed by atoms with Crippen molar-refractivity contribution in [1.82, 2.24) is 0 Å². The first-order valence-corrected chi connectivity index (χ1v) is 17.0. The first kappa shape index (κ1) is 37.2. The first-order chi connectivity index (χ1) is 25.3. The highest BCUT2D eigenvalue weighted by molar-refractivity contribution is 5.77. The molecule has 3 aromatic rings. The highest BCUT2D eigenvalue weighted by atomic mass is 16.5. The molecule has 0 atom stereocenters.